The Hall–Kier alpha value is -3.26. The van der Waals surface area contributed by atoms with E-state index < -0.39 is 34.9 Å². The molecule has 0 bridgehead atoms. The summed E-state index contributed by atoms with van der Waals surface area (Å²) in [5.74, 6) is -4.24. The van der Waals surface area contributed by atoms with Crippen LogP contribution < -0.4 is 5.32 Å². The van der Waals surface area contributed by atoms with Gasteiger partial charge in [-0.1, -0.05) is 48.5 Å². The second-order valence-electron chi connectivity index (χ2n) is 6.66. The predicted molar refractivity (Wildman–Crippen MR) is 110 cm³/mol. The molecular formula is C22H14BrF2NO4. The number of aromatic carboxylic acids is 1. The summed E-state index contributed by atoms with van der Waals surface area (Å²) in [7, 11) is 0. The largest absolute Gasteiger partial charge is 0.478 e. The molecule has 0 saturated heterocycles. The quantitative estimate of drug-likeness (QED) is 0.470. The highest BCUT2D eigenvalue weighted by atomic mass is 79.9. The van der Waals surface area contributed by atoms with Crippen LogP contribution in [0.1, 0.15) is 27.4 Å². The molecule has 3 aromatic rings. The second kappa shape index (κ2) is 7.87. The van der Waals surface area contributed by atoms with Crippen molar-refractivity contribution >= 4 is 33.7 Å². The van der Waals surface area contributed by atoms with Gasteiger partial charge in [-0.2, -0.15) is 0 Å². The van der Waals surface area contributed by atoms with Crippen molar-refractivity contribution in [2.24, 2.45) is 0 Å². The molecule has 8 heteroatoms. The topological polar surface area (TPSA) is 75.6 Å². The first kappa shape index (κ1) is 20.0. The number of fused-ring (bicyclic) bond motifs is 3. The van der Waals surface area contributed by atoms with Crippen molar-refractivity contribution in [3.8, 4) is 11.1 Å². The molecule has 152 valence electrons. The van der Waals surface area contributed by atoms with E-state index in [-0.39, 0.29) is 17.0 Å². The van der Waals surface area contributed by atoms with Crippen molar-refractivity contribution < 1.29 is 28.2 Å². The Morgan fingerprint density at radius 3 is 2.17 bits per heavy atom. The molecule has 3 aromatic carbocycles. The lowest BCUT2D eigenvalue weighted by Gasteiger charge is -2.16. The van der Waals surface area contributed by atoms with Gasteiger partial charge in [-0.3, -0.25) is 5.32 Å². The zero-order valence-electron chi connectivity index (χ0n) is 15.3. The van der Waals surface area contributed by atoms with Gasteiger partial charge < -0.3 is 9.84 Å². The summed E-state index contributed by atoms with van der Waals surface area (Å²) in [4.78, 5) is 23.6. The first-order chi connectivity index (χ1) is 14.4. The Morgan fingerprint density at radius 1 is 1.03 bits per heavy atom. The van der Waals surface area contributed by atoms with Crippen molar-refractivity contribution in [2.45, 2.75) is 5.92 Å². The average molecular weight is 474 g/mol. The molecule has 0 spiro atoms. The van der Waals surface area contributed by atoms with Crippen molar-refractivity contribution in [1.29, 1.82) is 0 Å². The molecule has 0 atom stereocenters. The number of carbonyl (C=O) groups is 2. The van der Waals surface area contributed by atoms with Gasteiger partial charge in [0.2, 0.25) is 0 Å². The predicted octanol–water partition coefficient (Wildman–Crippen LogP) is 5.79. The lowest BCUT2D eigenvalue weighted by molar-refractivity contribution is 0.0692. The molecule has 0 unspecified atom stereocenters. The minimum atomic E-state index is -1.71. The lowest BCUT2D eigenvalue weighted by Crippen LogP contribution is -2.21. The van der Waals surface area contributed by atoms with Crippen LogP contribution in [-0.2, 0) is 4.74 Å². The number of hydrogen-bond donors (Lipinski definition) is 2. The second-order valence-corrected chi connectivity index (χ2v) is 7.51. The number of rotatable bonds is 4. The van der Waals surface area contributed by atoms with Crippen LogP contribution in [0.5, 0.6) is 0 Å². The smallest absolute Gasteiger partial charge is 0.411 e. The highest BCUT2D eigenvalue weighted by Crippen LogP contribution is 2.44. The molecule has 1 aliphatic carbocycles. The molecule has 0 aromatic heterocycles. The van der Waals surface area contributed by atoms with E-state index in [0.717, 1.165) is 22.3 Å². The molecule has 0 aliphatic heterocycles. The molecule has 0 radical (unpaired) electrons. The third kappa shape index (κ3) is 3.43. The van der Waals surface area contributed by atoms with E-state index in [1.165, 1.54) is 0 Å². The van der Waals surface area contributed by atoms with Gasteiger partial charge in [-0.25, -0.2) is 18.4 Å². The maximum atomic E-state index is 14.4. The highest BCUT2D eigenvalue weighted by molar-refractivity contribution is 9.10. The van der Waals surface area contributed by atoms with Gasteiger partial charge in [0.1, 0.15) is 18.0 Å². The van der Waals surface area contributed by atoms with Crippen molar-refractivity contribution in [3.05, 3.63) is 87.4 Å². The first-order valence-electron chi connectivity index (χ1n) is 8.91. The fourth-order valence-electron chi connectivity index (χ4n) is 3.66. The Balaban J connectivity index is 1.57. The molecular weight excluding hydrogens is 460 g/mol. The Kier molecular flexibility index (Phi) is 5.26. The van der Waals surface area contributed by atoms with Gasteiger partial charge in [0.25, 0.3) is 0 Å². The number of amides is 1. The lowest BCUT2D eigenvalue weighted by atomic mass is 9.98. The van der Waals surface area contributed by atoms with E-state index in [9.17, 15) is 23.5 Å². The van der Waals surface area contributed by atoms with Gasteiger partial charge in [-0.05, 0) is 44.3 Å². The minimum Gasteiger partial charge on any atom is -0.478 e. The molecule has 5 nitrogen and oxygen atoms in total. The van der Waals surface area contributed by atoms with Crippen LogP contribution in [0.3, 0.4) is 0 Å². The van der Waals surface area contributed by atoms with Gasteiger partial charge >= 0.3 is 12.1 Å². The summed E-state index contributed by atoms with van der Waals surface area (Å²) in [6, 6.07) is 16.1. The monoisotopic (exact) mass is 473 g/mol. The SMILES string of the molecule is O=C(Nc1c(F)c(Br)cc(F)c1C(=O)O)OCC1c2ccccc2-c2ccccc21. The van der Waals surface area contributed by atoms with Crippen molar-refractivity contribution in [3.63, 3.8) is 0 Å². The minimum absolute atomic E-state index is 0.0552. The normalized spacial score (nSPS) is 12.2. The van der Waals surface area contributed by atoms with Crippen molar-refractivity contribution in [1.82, 2.24) is 0 Å². The number of benzene rings is 3. The maximum Gasteiger partial charge on any atom is 0.411 e. The highest BCUT2D eigenvalue weighted by Gasteiger charge is 2.30. The number of hydrogen-bond acceptors (Lipinski definition) is 3. The Bertz CT molecular complexity index is 1140. The molecule has 0 saturated carbocycles. The standard InChI is InChI=1S/C22H14BrF2NO4/c23-16-9-17(24)18(21(27)28)20(19(16)25)26-22(29)30-10-15-13-7-3-1-5-11(13)12-6-2-4-8-14(12)15/h1-9,15H,10H2,(H,26,29)(H,27,28). The van der Waals surface area contributed by atoms with Crippen LogP contribution in [0.25, 0.3) is 11.1 Å². The third-order valence-corrected chi connectivity index (χ3v) is 5.53. The Labute approximate surface area is 178 Å². The molecule has 0 fully saturated rings. The summed E-state index contributed by atoms with van der Waals surface area (Å²) in [6.07, 6.45) is -1.09. The number of nitrogens with one attached hydrogen (secondary N) is 1. The van der Waals surface area contributed by atoms with E-state index in [2.05, 4.69) is 15.9 Å². The van der Waals surface area contributed by atoms with Crippen LogP contribution >= 0.6 is 15.9 Å². The number of ether oxygens (including phenoxy) is 1. The number of carbonyl (C=O) groups excluding carboxylic acids is 1. The molecule has 30 heavy (non-hydrogen) atoms. The van der Waals surface area contributed by atoms with E-state index in [0.29, 0.717) is 6.07 Å². The summed E-state index contributed by atoms with van der Waals surface area (Å²) in [5, 5.41) is 11.2. The first-order valence-corrected chi connectivity index (χ1v) is 9.70. The number of carboxylic acids is 1. The third-order valence-electron chi connectivity index (χ3n) is 4.96. The summed E-state index contributed by atoms with van der Waals surface area (Å²) in [6.45, 7) is -0.0552. The fraction of sp³-hybridized carbons (Fsp3) is 0.0909. The van der Waals surface area contributed by atoms with Gasteiger partial charge in [0, 0.05) is 5.92 Å². The van der Waals surface area contributed by atoms with Gasteiger partial charge in [0.05, 0.1) is 10.2 Å². The van der Waals surface area contributed by atoms with Gasteiger partial charge in [-0.15, -0.1) is 0 Å². The average Bonchev–Trinajstić information content (AvgIpc) is 3.04. The van der Waals surface area contributed by atoms with Crippen LogP contribution in [-0.4, -0.2) is 23.8 Å². The van der Waals surface area contributed by atoms with E-state index in [1.54, 1.807) is 0 Å². The molecule has 4 rings (SSSR count). The zero-order chi connectivity index (χ0) is 21.4. The van der Waals surface area contributed by atoms with Crippen LogP contribution in [0.4, 0.5) is 19.3 Å². The number of halogens is 3. The molecule has 1 aliphatic rings. The molecule has 0 heterocycles. The zero-order valence-corrected chi connectivity index (χ0v) is 16.9. The van der Waals surface area contributed by atoms with E-state index >= 15 is 0 Å². The summed E-state index contributed by atoms with van der Waals surface area (Å²) >= 11 is 2.80. The van der Waals surface area contributed by atoms with Gasteiger partial charge in [0.15, 0.2) is 5.82 Å². The van der Waals surface area contributed by atoms with E-state index in [1.807, 2.05) is 53.8 Å². The fourth-order valence-corrected chi connectivity index (χ4v) is 4.06. The number of anilines is 1. The van der Waals surface area contributed by atoms with Crippen LogP contribution in [0.15, 0.2) is 59.1 Å². The van der Waals surface area contributed by atoms with Crippen molar-refractivity contribution in [2.75, 3.05) is 11.9 Å². The molecule has 1 amide bonds. The van der Waals surface area contributed by atoms with Crippen LogP contribution in [0, 0.1) is 11.6 Å². The Morgan fingerprint density at radius 2 is 1.60 bits per heavy atom. The number of carboxylic acid groups (broad SMARTS) is 1. The molecule has 2 N–H and O–H groups in total. The maximum absolute atomic E-state index is 14.4. The van der Waals surface area contributed by atoms with E-state index in [4.69, 9.17) is 4.74 Å². The summed E-state index contributed by atoms with van der Waals surface area (Å²) < 4.78 is 33.3. The summed E-state index contributed by atoms with van der Waals surface area (Å²) in [5.41, 5.74) is 2.26. The van der Waals surface area contributed by atoms with Crippen LogP contribution in [0.2, 0.25) is 0 Å².